The zero-order chi connectivity index (χ0) is 13.6. The summed E-state index contributed by atoms with van der Waals surface area (Å²) in [4.78, 5) is 4.90. The Balaban J connectivity index is 2.27. The number of fused-ring (bicyclic) bond motifs is 1. The van der Waals surface area contributed by atoms with Crippen molar-refractivity contribution in [3.8, 4) is 10.6 Å². The Morgan fingerprint density at radius 2 is 1.53 bits per heavy atom. The van der Waals surface area contributed by atoms with E-state index in [4.69, 9.17) is 4.98 Å². The topological polar surface area (TPSA) is 12.9 Å². The van der Waals surface area contributed by atoms with E-state index in [0.717, 1.165) is 11.4 Å². The SMILES string of the molecule is CC1=c2nc(-c3cc(C)cc(C)c3)sc2=C(C)CC1. The van der Waals surface area contributed by atoms with Crippen LogP contribution in [0.15, 0.2) is 18.2 Å². The van der Waals surface area contributed by atoms with E-state index in [2.05, 4.69) is 45.9 Å². The molecule has 1 nitrogen and oxygen atoms in total. The molecule has 0 spiro atoms. The summed E-state index contributed by atoms with van der Waals surface area (Å²) in [6, 6.07) is 6.69. The zero-order valence-corrected chi connectivity index (χ0v) is 12.8. The van der Waals surface area contributed by atoms with Gasteiger partial charge in [0.15, 0.2) is 0 Å². The van der Waals surface area contributed by atoms with Crippen LogP contribution in [0.25, 0.3) is 21.7 Å². The molecule has 0 saturated heterocycles. The summed E-state index contributed by atoms with van der Waals surface area (Å²) < 4.78 is 1.40. The Kier molecular flexibility index (Phi) is 3.06. The molecule has 0 aliphatic heterocycles. The highest BCUT2D eigenvalue weighted by molar-refractivity contribution is 7.13. The van der Waals surface area contributed by atoms with Gasteiger partial charge in [-0.1, -0.05) is 22.8 Å². The van der Waals surface area contributed by atoms with Gasteiger partial charge in [-0.3, -0.25) is 0 Å². The largest absolute Gasteiger partial charge is 0.236 e. The molecule has 0 bridgehead atoms. The maximum Gasteiger partial charge on any atom is 0.124 e. The molecule has 1 aromatic heterocycles. The molecular weight excluding hydrogens is 250 g/mol. The number of hydrogen-bond acceptors (Lipinski definition) is 2. The van der Waals surface area contributed by atoms with Crippen LogP contribution in [-0.4, -0.2) is 4.98 Å². The number of benzene rings is 1. The lowest BCUT2D eigenvalue weighted by Crippen LogP contribution is -2.28. The molecule has 0 radical (unpaired) electrons. The van der Waals surface area contributed by atoms with Crippen molar-refractivity contribution in [2.24, 2.45) is 0 Å². The van der Waals surface area contributed by atoms with Gasteiger partial charge in [0.2, 0.25) is 0 Å². The van der Waals surface area contributed by atoms with Crippen LogP contribution in [0.1, 0.15) is 37.8 Å². The lowest BCUT2D eigenvalue weighted by molar-refractivity contribution is 1.01. The van der Waals surface area contributed by atoms with Crippen LogP contribution < -0.4 is 9.88 Å². The van der Waals surface area contributed by atoms with Crippen LogP contribution in [0.2, 0.25) is 0 Å². The molecule has 2 heteroatoms. The number of thiazole rings is 1. The van der Waals surface area contributed by atoms with Gasteiger partial charge in [-0.2, -0.15) is 0 Å². The highest BCUT2D eigenvalue weighted by atomic mass is 32.1. The fourth-order valence-corrected chi connectivity index (χ4v) is 3.89. The summed E-state index contributed by atoms with van der Waals surface area (Å²) in [6.45, 7) is 8.77. The van der Waals surface area contributed by atoms with Gasteiger partial charge in [0.05, 0.1) is 9.88 Å². The number of hydrogen-bond donors (Lipinski definition) is 0. The Labute approximate surface area is 118 Å². The third-order valence-corrected chi connectivity index (χ3v) is 5.03. The fourth-order valence-electron chi connectivity index (χ4n) is 2.73. The first-order chi connectivity index (χ1) is 9.04. The van der Waals surface area contributed by atoms with Gasteiger partial charge in [0, 0.05) is 5.56 Å². The number of aromatic nitrogens is 1. The van der Waals surface area contributed by atoms with Crippen LogP contribution in [0.4, 0.5) is 0 Å². The van der Waals surface area contributed by atoms with Crippen LogP contribution in [0, 0.1) is 13.8 Å². The number of rotatable bonds is 1. The quantitative estimate of drug-likeness (QED) is 0.771. The highest BCUT2D eigenvalue weighted by Gasteiger charge is 2.11. The Bertz CT molecular complexity index is 705. The van der Waals surface area contributed by atoms with Crippen molar-refractivity contribution in [1.29, 1.82) is 0 Å². The van der Waals surface area contributed by atoms with Crippen LogP contribution in [-0.2, 0) is 0 Å². The van der Waals surface area contributed by atoms with Crippen molar-refractivity contribution >= 4 is 22.5 Å². The molecule has 0 unspecified atom stereocenters. The molecule has 0 fully saturated rings. The van der Waals surface area contributed by atoms with Crippen molar-refractivity contribution in [2.45, 2.75) is 40.5 Å². The summed E-state index contributed by atoms with van der Waals surface area (Å²) in [6.07, 6.45) is 2.35. The van der Waals surface area contributed by atoms with Gasteiger partial charge < -0.3 is 0 Å². The van der Waals surface area contributed by atoms with E-state index in [1.54, 1.807) is 0 Å². The summed E-state index contributed by atoms with van der Waals surface area (Å²) >= 11 is 1.85. The average Bonchev–Trinajstić information content (AvgIpc) is 2.79. The van der Waals surface area contributed by atoms with Crippen molar-refractivity contribution in [3.63, 3.8) is 0 Å². The summed E-state index contributed by atoms with van der Waals surface area (Å²) in [5.74, 6) is 0. The molecule has 1 aliphatic rings. The second-order valence-electron chi connectivity index (χ2n) is 5.63. The monoisotopic (exact) mass is 269 g/mol. The fraction of sp³-hybridized carbons (Fsp3) is 0.353. The second-order valence-corrected chi connectivity index (χ2v) is 6.63. The minimum Gasteiger partial charge on any atom is -0.236 e. The van der Waals surface area contributed by atoms with Gasteiger partial charge in [-0.25, -0.2) is 4.98 Å². The van der Waals surface area contributed by atoms with E-state index < -0.39 is 0 Å². The molecule has 0 N–H and O–H groups in total. The predicted octanol–water partition coefficient (Wildman–Crippen LogP) is 3.56. The summed E-state index contributed by atoms with van der Waals surface area (Å²) in [7, 11) is 0. The van der Waals surface area contributed by atoms with E-state index in [-0.39, 0.29) is 0 Å². The first-order valence-electron chi connectivity index (χ1n) is 6.79. The summed E-state index contributed by atoms with van der Waals surface area (Å²) in [5.41, 5.74) is 6.81. The molecule has 1 heterocycles. The first kappa shape index (κ1) is 12.6. The number of nitrogens with zero attached hydrogens (tertiary/aromatic N) is 1. The molecule has 0 atom stereocenters. The maximum atomic E-state index is 4.90. The smallest absolute Gasteiger partial charge is 0.124 e. The minimum absolute atomic E-state index is 1.16. The van der Waals surface area contributed by atoms with Crippen LogP contribution in [0.5, 0.6) is 0 Å². The Morgan fingerprint density at radius 3 is 2.16 bits per heavy atom. The summed E-state index contributed by atoms with van der Waals surface area (Å²) in [5, 5.41) is 2.40. The molecule has 1 aromatic carbocycles. The van der Waals surface area contributed by atoms with Crippen molar-refractivity contribution < 1.29 is 0 Å². The van der Waals surface area contributed by atoms with E-state index >= 15 is 0 Å². The van der Waals surface area contributed by atoms with Gasteiger partial charge in [-0.05, 0) is 58.2 Å². The third-order valence-electron chi connectivity index (χ3n) is 3.76. The molecule has 0 amide bonds. The third kappa shape index (κ3) is 2.25. The normalized spacial score (nSPS) is 14.7. The van der Waals surface area contributed by atoms with E-state index in [0.29, 0.717) is 0 Å². The molecule has 98 valence electrons. The molecular formula is C17H19NS. The molecule has 2 aromatic rings. The first-order valence-corrected chi connectivity index (χ1v) is 7.61. The van der Waals surface area contributed by atoms with Crippen LogP contribution in [0.3, 0.4) is 0 Å². The minimum atomic E-state index is 1.16. The number of aryl methyl sites for hydroxylation is 2. The molecule has 0 saturated carbocycles. The highest BCUT2D eigenvalue weighted by Crippen LogP contribution is 2.23. The van der Waals surface area contributed by atoms with Gasteiger partial charge in [-0.15, -0.1) is 11.3 Å². The Morgan fingerprint density at radius 1 is 0.895 bits per heavy atom. The van der Waals surface area contributed by atoms with Crippen molar-refractivity contribution in [2.75, 3.05) is 0 Å². The van der Waals surface area contributed by atoms with Gasteiger partial charge in [0.25, 0.3) is 0 Å². The Hall–Kier alpha value is -1.41. The molecule has 19 heavy (non-hydrogen) atoms. The molecule has 3 rings (SSSR count). The van der Waals surface area contributed by atoms with Crippen molar-refractivity contribution in [1.82, 2.24) is 4.98 Å². The van der Waals surface area contributed by atoms with E-state index in [1.807, 2.05) is 11.3 Å². The lowest BCUT2D eigenvalue weighted by atomic mass is 10.0. The van der Waals surface area contributed by atoms with E-state index in [9.17, 15) is 0 Å². The van der Waals surface area contributed by atoms with Crippen molar-refractivity contribution in [3.05, 3.63) is 39.2 Å². The average molecular weight is 269 g/mol. The van der Waals surface area contributed by atoms with Gasteiger partial charge >= 0.3 is 0 Å². The standard InChI is InChI=1S/C17H19NS/c1-10-7-11(2)9-14(8-10)17-18-15-12(3)5-6-13(4)16(15)19-17/h7-9H,5-6H2,1-4H3. The zero-order valence-electron chi connectivity index (χ0n) is 12.0. The maximum absolute atomic E-state index is 4.90. The second kappa shape index (κ2) is 4.61. The van der Waals surface area contributed by atoms with Gasteiger partial charge in [0.1, 0.15) is 5.01 Å². The molecule has 1 aliphatic carbocycles. The lowest BCUT2D eigenvalue weighted by Gasteiger charge is -2.05. The van der Waals surface area contributed by atoms with E-state index in [1.165, 1.54) is 44.1 Å². The predicted molar refractivity (Wildman–Crippen MR) is 83.7 cm³/mol. The van der Waals surface area contributed by atoms with Crippen LogP contribution >= 0.6 is 11.3 Å².